The maximum atomic E-state index is 11.9. The maximum Gasteiger partial charge on any atom is 0.0701 e. The van der Waals surface area contributed by atoms with Gasteiger partial charge in [0.1, 0.15) is 0 Å². The predicted molar refractivity (Wildman–Crippen MR) is 97.6 cm³/mol. The molecule has 1 aliphatic carbocycles. The van der Waals surface area contributed by atoms with Crippen LogP contribution >= 0.6 is 0 Å². The van der Waals surface area contributed by atoms with Crippen molar-refractivity contribution < 1.29 is 24.1 Å². The molecule has 0 atom stereocenters. The van der Waals surface area contributed by atoms with E-state index in [4.69, 9.17) is 18.9 Å². The van der Waals surface area contributed by atoms with Gasteiger partial charge >= 0.3 is 0 Å². The van der Waals surface area contributed by atoms with Crippen molar-refractivity contribution in [2.24, 2.45) is 0 Å². The summed E-state index contributed by atoms with van der Waals surface area (Å²) in [5.41, 5.74) is 0.713. The molecule has 2 aliphatic rings. The van der Waals surface area contributed by atoms with Gasteiger partial charge in [0.05, 0.1) is 52.9 Å². The van der Waals surface area contributed by atoms with E-state index in [0.29, 0.717) is 65.0 Å². The summed E-state index contributed by atoms with van der Waals surface area (Å²) in [5.74, 6) is -0.0151. The molecule has 26 heavy (non-hydrogen) atoms. The van der Waals surface area contributed by atoms with Crippen molar-refractivity contribution in [3.8, 4) is 0 Å². The van der Waals surface area contributed by atoms with Crippen molar-refractivity contribution >= 4 is 0 Å². The fourth-order valence-corrected chi connectivity index (χ4v) is 2.62. The lowest BCUT2D eigenvalue weighted by molar-refractivity contribution is -0.312. The van der Waals surface area contributed by atoms with Crippen LogP contribution in [-0.2, 0) is 18.9 Å². The Labute approximate surface area is 156 Å². The summed E-state index contributed by atoms with van der Waals surface area (Å²) < 4.78 is 22.1. The summed E-state index contributed by atoms with van der Waals surface area (Å²) in [5, 5.41) is 14.9. The molecule has 1 aliphatic heterocycles. The van der Waals surface area contributed by atoms with Gasteiger partial charge in [-0.25, -0.2) is 0 Å². The topological polar surface area (TPSA) is 75.3 Å². The molecule has 7 heteroatoms. The van der Waals surface area contributed by atoms with E-state index in [1.807, 2.05) is 24.3 Å². The Morgan fingerprint density at radius 3 is 1.88 bits per heavy atom. The van der Waals surface area contributed by atoms with E-state index in [1.165, 1.54) is 0 Å². The standard InChI is InChI=1S/C19H32N2O5/c22-19(18-4-1-2-5-18)20-6-3-7-21-8-10-23-12-14-25-16-17-26-15-13-24-11-9-21/h1-2,4-5,20,22H,3,6-17H2/p-1. The molecule has 7 nitrogen and oxygen atoms in total. The fraction of sp³-hybridized carbons (Fsp3) is 0.684. The third-order valence-corrected chi connectivity index (χ3v) is 4.08. The zero-order chi connectivity index (χ0) is 18.3. The molecular formula is C19H31N2O5-. The van der Waals surface area contributed by atoms with Gasteiger partial charge in [0.2, 0.25) is 0 Å². The van der Waals surface area contributed by atoms with Gasteiger partial charge in [-0.05, 0) is 24.4 Å². The first-order valence-corrected chi connectivity index (χ1v) is 9.39. The summed E-state index contributed by atoms with van der Waals surface area (Å²) in [7, 11) is 0. The van der Waals surface area contributed by atoms with Gasteiger partial charge in [-0.1, -0.05) is 24.3 Å². The van der Waals surface area contributed by atoms with Gasteiger partial charge in [0.15, 0.2) is 0 Å². The Bertz CT molecular complexity index is 435. The van der Waals surface area contributed by atoms with E-state index in [0.717, 1.165) is 26.1 Å². The van der Waals surface area contributed by atoms with Gasteiger partial charge in [0.25, 0.3) is 0 Å². The van der Waals surface area contributed by atoms with Gasteiger partial charge in [-0.2, -0.15) is 0 Å². The Hall–Kier alpha value is -1.38. The quantitative estimate of drug-likeness (QED) is 0.543. The lowest BCUT2D eigenvalue weighted by Crippen LogP contribution is -2.34. The molecule has 0 amide bonds. The zero-order valence-electron chi connectivity index (χ0n) is 15.5. The maximum absolute atomic E-state index is 11.9. The molecule has 0 aromatic heterocycles. The summed E-state index contributed by atoms with van der Waals surface area (Å²) in [6.07, 6.45) is 8.27. The average molecular weight is 367 g/mol. The second-order valence-electron chi connectivity index (χ2n) is 6.07. The summed E-state index contributed by atoms with van der Waals surface area (Å²) in [6.45, 7) is 8.12. The smallest absolute Gasteiger partial charge is 0.0701 e. The second kappa shape index (κ2) is 13.8. The van der Waals surface area contributed by atoms with Crippen LogP contribution in [0.25, 0.3) is 0 Å². The van der Waals surface area contributed by atoms with Gasteiger partial charge in [-0.3, -0.25) is 4.90 Å². The van der Waals surface area contributed by atoms with Crippen LogP contribution in [0, 0.1) is 0 Å². The van der Waals surface area contributed by atoms with Crippen LogP contribution in [0.1, 0.15) is 6.42 Å². The predicted octanol–water partition coefficient (Wildman–Crippen LogP) is 0.0460. The van der Waals surface area contributed by atoms with Crippen molar-refractivity contribution in [2.45, 2.75) is 6.42 Å². The van der Waals surface area contributed by atoms with Crippen molar-refractivity contribution in [1.29, 1.82) is 0 Å². The van der Waals surface area contributed by atoms with Gasteiger partial charge < -0.3 is 29.4 Å². The number of nitrogens with one attached hydrogen (secondary N) is 1. The highest BCUT2D eigenvalue weighted by molar-refractivity contribution is 5.40. The van der Waals surface area contributed by atoms with E-state index in [9.17, 15) is 5.11 Å². The molecule has 0 aromatic rings. The number of hydrogen-bond donors (Lipinski definition) is 1. The molecule has 0 spiro atoms. The lowest BCUT2D eigenvalue weighted by atomic mass is 10.3. The van der Waals surface area contributed by atoms with Crippen LogP contribution in [0.3, 0.4) is 0 Å². The number of nitrogens with zero attached hydrogens (tertiary/aromatic N) is 1. The van der Waals surface area contributed by atoms with Crippen LogP contribution in [-0.4, -0.2) is 83.9 Å². The minimum absolute atomic E-state index is 0.0151. The molecule has 0 saturated carbocycles. The normalized spacial score (nSPS) is 21.3. The van der Waals surface area contributed by atoms with E-state index in [1.54, 1.807) is 0 Å². The van der Waals surface area contributed by atoms with Crippen molar-refractivity contribution in [3.63, 3.8) is 0 Å². The first-order valence-electron chi connectivity index (χ1n) is 9.39. The number of allylic oxidation sites excluding steroid dienone is 5. The summed E-state index contributed by atoms with van der Waals surface area (Å²) >= 11 is 0. The van der Waals surface area contributed by atoms with Crippen LogP contribution in [0.5, 0.6) is 0 Å². The fourth-order valence-electron chi connectivity index (χ4n) is 2.62. The Morgan fingerprint density at radius 2 is 1.35 bits per heavy atom. The molecule has 0 bridgehead atoms. The van der Waals surface area contributed by atoms with Crippen LogP contribution in [0.4, 0.5) is 0 Å². The number of rotatable bonds is 5. The molecule has 1 heterocycles. The molecular weight excluding hydrogens is 336 g/mol. The summed E-state index contributed by atoms with van der Waals surface area (Å²) in [6, 6.07) is 0. The third-order valence-electron chi connectivity index (χ3n) is 4.08. The zero-order valence-corrected chi connectivity index (χ0v) is 15.5. The Kier molecular flexibility index (Phi) is 11.1. The minimum atomic E-state index is -0.0151. The number of hydrogen-bond acceptors (Lipinski definition) is 7. The average Bonchev–Trinajstić information content (AvgIpc) is 3.18. The molecule has 1 saturated heterocycles. The lowest BCUT2D eigenvalue weighted by Gasteiger charge is -2.23. The molecule has 2 rings (SSSR count). The molecule has 0 radical (unpaired) electrons. The monoisotopic (exact) mass is 367 g/mol. The van der Waals surface area contributed by atoms with Crippen LogP contribution < -0.4 is 10.4 Å². The first kappa shape index (κ1) is 20.9. The van der Waals surface area contributed by atoms with E-state index < -0.39 is 0 Å². The minimum Gasteiger partial charge on any atom is -0.860 e. The Morgan fingerprint density at radius 1 is 0.846 bits per heavy atom. The van der Waals surface area contributed by atoms with Crippen molar-refractivity contribution in [3.05, 3.63) is 35.8 Å². The Balaban J connectivity index is 1.65. The van der Waals surface area contributed by atoms with Gasteiger partial charge in [0, 0.05) is 19.6 Å². The highest BCUT2D eigenvalue weighted by Gasteiger charge is 2.06. The highest BCUT2D eigenvalue weighted by Crippen LogP contribution is 2.07. The third kappa shape index (κ3) is 9.35. The second-order valence-corrected chi connectivity index (χ2v) is 6.07. The molecule has 1 N–H and O–H groups in total. The van der Waals surface area contributed by atoms with Crippen LogP contribution in [0.2, 0.25) is 0 Å². The SMILES string of the molecule is [O-]C(NCCCN1CCOCCOCCOCCOCC1)=C1C=CC=C1. The van der Waals surface area contributed by atoms with E-state index in [2.05, 4.69) is 10.2 Å². The van der Waals surface area contributed by atoms with Crippen LogP contribution in [0.15, 0.2) is 35.8 Å². The number of ether oxygens (including phenoxy) is 4. The molecule has 0 unspecified atom stereocenters. The van der Waals surface area contributed by atoms with Gasteiger partial charge in [-0.15, -0.1) is 0 Å². The molecule has 1 fully saturated rings. The first-order chi connectivity index (χ1) is 12.9. The highest BCUT2D eigenvalue weighted by atomic mass is 16.6. The molecule has 0 aromatic carbocycles. The van der Waals surface area contributed by atoms with Crippen molar-refractivity contribution in [1.82, 2.24) is 10.2 Å². The largest absolute Gasteiger partial charge is 0.860 e. The van der Waals surface area contributed by atoms with E-state index in [-0.39, 0.29) is 5.88 Å². The molecule has 148 valence electrons. The van der Waals surface area contributed by atoms with E-state index >= 15 is 0 Å². The van der Waals surface area contributed by atoms with Crippen molar-refractivity contribution in [2.75, 3.05) is 79.0 Å². The summed E-state index contributed by atoms with van der Waals surface area (Å²) in [4.78, 5) is 2.30.